The average Bonchev–Trinajstić information content (AvgIpc) is 2.90. The van der Waals surface area contributed by atoms with Crippen molar-refractivity contribution < 1.29 is 31.9 Å². The number of benzene rings is 2. The summed E-state index contributed by atoms with van der Waals surface area (Å²) in [6, 6.07) is 9.87. The van der Waals surface area contributed by atoms with Gasteiger partial charge in [-0.2, -0.15) is 13.2 Å². The largest absolute Gasteiger partial charge is 0.416 e. The molecule has 0 bridgehead atoms. The van der Waals surface area contributed by atoms with E-state index in [9.17, 15) is 27.2 Å². The Morgan fingerprint density at radius 2 is 1.83 bits per heavy atom. The fourth-order valence-electron chi connectivity index (χ4n) is 5.95. The smallest absolute Gasteiger partial charge is 0.369 e. The van der Waals surface area contributed by atoms with Crippen LogP contribution in [0.1, 0.15) is 33.8 Å². The van der Waals surface area contributed by atoms with Crippen LogP contribution < -0.4 is 0 Å². The number of hydrogen-bond donors (Lipinski definition) is 0. The van der Waals surface area contributed by atoms with E-state index in [1.807, 2.05) is 4.90 Å². The first kappa shape index (κ1) is 29.9. The van der Waals surface area contributed by atoms with Crippen LogP contribution in [-0.2, 0) is 15.7 Å². The summed E-state index contributed by atoms with van der Waals surface area (Å²) in [5, 5.41) is 0. The molecule has 2 aromatic rings. The van der Waals surface area contributed by atoms with Gasteiger partial charge in [-0.1, -0.05) is 28.1 Å². The minimum Gasteiger partial charge on any atom is -0.369 e. The Morgan fingerprint density at radius 3 is 2.54 bits per heavy atom. The highest BCUT2D eigenvalue weighted by Crippen LogP contribution is 2.33. The molecule has 7 nitrogen and oxygen atoms in total. The summed E-state index contributed by atoms with van der Waals surface area (Å²) in [4.78, 5) is 33.4. The number of piperazine rings is 1. The molecule has 3 aliphatic rings. The first-order chi connectivity index (χ1) is 19.5. The molecule has 0 spiro atoms. The molecule has 222 valence electrons. The van der Waals surface area contributed by atoms with Crippen LogP contribution in [0.4, 0.5) is 17.6 Å². The van der Waals surface area contributed by atoms with Gasteiger partial charge in [0.25, 0.3) is 5.91 Å². The van der Waals surface area contributed by atoms with Gasteiger partial charge in [-0.25, -0.2) is 4.39 Å². The lowest BCUT2D eigenvalue weighted by atomic mass is 9.93. The predicted molar refractivity (Wildman–Crippen MR) is 148 cm³/mol. The summed E-state index contributed by atoms with van der Waals surface area (Å²) in [6.45, 7) is 5.93. The van der Waals surface area contributed by atoms with Crippen molar-refractivity contribution in [3.8, 4) is 0 Å². The van der Waals surface area contributed by atoms with Crippen LogP contribution in [0.5, 0.6) is 0 Å². The first-order valence-electron chi connectivity index (χ1n) is 13.7. The number of likely N-dealkylation sites (tertiary alicyclic amines) is 1. The third kappa shape index (κ3) is 7.10. The number of likely N-dealkylation sites (N-methyl/N-ethyl adjacent to an activating group) is 1. The topological polar surface area (TPSA) is 56.3 Å². The molecule has 3 heterocycles. The molecule has 0 radical (unpaired) electrons. The molecule has 12 heteroatoms. The second kappa shape index (κ2) is 12.4. The molecule has 0 saturated carbocycles. The van der Waals surface area contributed by atoms with Crippen LogP contribution >= 0.6 is 15.9 Å². The van der Waals surface area contributed by atoms with Gasteiger partial charge in [-0.05, 0) is 48.9 Å². The third-order valence-electron chi connectivity index (χ3n) is 8.27. The molecule has 0 N–H and O–H groups in total. The zero-order valence-electron chi connectivity index (χ0n) is 22.7. The maximum absolute atomic E-state index is 13.7. The van der Waals surface area contributed by atoms with E-state index in [1.165, 1.54) is 23.1 Å². The number of halogens is 5. The molecular weight excluding hydrogens is 608 g/mol. The van der Waals surface area contributed by atoms with Crippen LogP contribution in [0.2, 0.25) is 0 Å². The molecule has 2 amide bonds. The van der Waals surface area contributed by atoms with Crippen molar-refractivity contribution in [1.82, 2.24) is 19.6 Å². The third-order valence-corrected chi connectivity index (χ3v) is 8.73. The number of alkyl halides is 3. The number of hydrogen-bond acceptors (Lipinski definition) is 5. The number of carbonyl (C=O) groups is 2. The van der Waals surface area contributed by atoms with Gasteiger partial charge in [0, 0.05) is 68.3 Å². The van der Waals surface area contributed by atoms with Crippen LogP contribution in [0.15, 0.2) is 46.9 Å². The highest BCUT2D eigenvalue weighted by Gasteiger charge is 2.39. The van der Waals surface area contributed by atoms with E-state index < -0.39 is 17.6 Å². The van der Waals surface area contributed by atoms with E-state index in [0.29, 0.717) is 19.1 Å². The number of rotatable bonds is 8. The van der Waals surface area contributed by atoms with Gasteiger partial charge in [0.1, 0.15) is 12.4 Å². The van der Waals surface area contributed by atoms with Gasteiger partial charge < -0.3 is 19.4 Å². The summed E-state index contributed by atoms with van der Waals surface area (Å²) in [6.07, 6.45) is -3.88. The molecule has 3 aliphatic heterocycles. The maximum atomic E-state index is 13.7. The summed E-state index contributed by atoms with van der Waals surface area (Å²) in [7, 11) is 1.58. The Balaban J connectivity index is 1.19. The van der Waals surface area contributed by atoms with Crippen molar-refractivity contribution in [2.75, 3.05) is 66.1 Å². The lowest BCUT2D eigenvalue weighted by Crippen LogP contribution is -2.67. The SMILES string of the molecule is CN(C[C@@H](CCN1CC(N2CCN3C(=O)COC[C@H]3C2)C1)c1ccc(F)cc1)C(=O)c1cc(Br)cc(C(F)(F)F)c1. The van der Waals surface area contributed by atoms with Gasteiger partial charge in [0.05, 0.1) is 18.2 Å². The summed E-state index contributed by atoms with van der Waals surface area (Å²) < 4.78 is 59.2. The second-order valence-electron chi connectivity index (χ2n) is 11.1. The quantitative estimate of drug-likeness (QED) is 0.407. The Hall–Kier alpha value is -2.54. The predicted octanol–water partition coefficient (Wildman–Crippen LogP) is 4.08. The molecule has 2 aromatic carbocycles. The van der Waals surface area contributed by atoms with Gasteiger partial charge in [-0.15, -0.1) is 0 Å². The average molecular weight is 642 g/mol. The lowest BCUT2D eigenvalue weighted by molar-refractivity contribution is -0.154. The van der Waals surface area contributed by atoms with E-state index >= 15 is 0 Å². The van der Waals surface area contributed by atoms with Gasteiger partial charge >= 0.3 is 6.18 Å². The first-order valence-corrected chi connectivity index (χ1v) is 14.5. The van der Waals surface area contributed by atoms with Crippen molar-refractivity contribution in [3.63, 3.8) is 0 Å². The van der Waals surface area contributed by atoms with Crippen molar-refractivity contribution in [1.29, 1.82) is 0 Å². The molecule has 0 unspecified atom stereocenters. The van der Waals surface area contributed by atoms with E-state index in [2.05, 4.69) is 25.7 Å². The van der Waals surface area contributed by atoms with E-state index in [0.717, 1.165) is 57.0 Å². The fourth-order valence-corrected chi connectivity index (χ4v) is 6.44. The molecule has 41 heavy (non-hydrogen) atoms. The number of fused-ring (bicyclic) bond motifs is 1. The van der Waals surface area contributed by atoms with Crippen molar-refractivity contribution >= 4 is 27.7 Å². The maximum Gasteiger partial charge on any atom is 0.416 e. The lowest BCUT2D eigenvalue weighted by Gasteiger charge is -2.51. The number of ether oxygens (including phenoxy) is 1. The van der Waals surface area contributed by atoms with E-state index in [1.54, 1.807) is 19.2 Å². The van der Waals surface area contributed by atoms with Crippen LogP contribution in [0.3, 0.4) is 0 Å². The number of carbonyl (C=O) groups excluding carboxylic acids is 2. The summed E-state index contributed by atoms with van der Waals surface area (Å²) in [5.74, 6) is -0.947. The molecular formula is C29H33BrF4N4O3. The summed E-state index contributed by atoms with van der Waals surface area (Å²) in [5.41, 5.74) is -0.0793. The monoisotopic (exact) mass is 640 g/mol. The van der Waals surface area contributed by atoms with Crippen LogP contribution in [-0.4, -0.2) is 110 Å². The molecule has 0 aliphatic carbocycles. The van der Waals surface area contributed by atoms with E-state index in [4.69, 9.17) is 4.74 Å². The minimum absolute atomic E-state index is 0.0530. The number of nitrogens with zero attached hydrogens (tertiary/aromatic N) is 4. The summed E-state index contributed by atoms with van der Waals surface area (Å²) >= 11 is 3.09. The van der Waals surface area contributed by atoms with Crippen molar-refractivity contribution in [2.24, 2.45) is 0 Å². The minimum atomic E-state index is -4.57. The molecule has 3 saturated heterocycles. The Labute approximate surface area is 245 Å². The Kier molecular flexibility index (Phi) is 9.03. The number of amides is 2. The molecule has 5 rings (SSSR count). The Bertz CT molecular complexity index is 1260. The number of morpholine rings is 1. The zero-order chi connectivity index (χ0) is 29.3. The fraction of sp³-hybridized carbons (Fsp3) is 0.517. The van der Waals surface area contributed by atoms with Crippen molar-refractivity contribution in [3.05, 3.63) is 69.4 Å². The van der Waals surface area contributed by atoms with Gasteiger partial charge in [0.2, 0.25) is 5.91 Å². The van der Waals surface area contributed by atoms with Crippen LogP contribution in [0.25, 0.3) is 0 Å². The second-order valence-corrected chi connectivity index (χ2v) is 12.0. The standard InChI is InChI=1S/C29H33BrF4N4O3/c1-35(28(40)21-10-22(29(32,33)34)12-23(30)11-21)13-20(19-2-4-24(31)5-3-19)6-7-36-14-25(15-36)37-8-9-38-26(16-37)17-41-18-27(38)39/h2-5,10-12,20,25-26H,6-9,13-18H2,1H3/t20-,26-/m1/s1. The normalized spacial score (nSPS) is 21.4. The van der Waals surface area contributed by atoms with Crippen molar-refractivity contribution in [2.45, 2.75) is 30.6 Å². The highest BCUT2D eigenvalue weighted by molar-refractivity contribution is 9.10. The zero-order valence-corrected chi connectivity index (χ0v) is 24.3. The molecule has 0 aromatic heterocycles. The Morgan fingerprint density at radius 1 is 1.10 bits per heavy atom. The van der Waals surface area contributed by atoms with Gasteiger partial charge in [0.15, 0.2) is 0 Å². The van der Waals surface area contributed by atoms with E-state index in [-0.39, 0.29) is 46.9 Å². The highest BCUT2D eigenvalue weighted by atomic mass is 79.9. The molecule has 2 atom stereocenters. The molecule has 3 fully saturated rings. The van der Waals surface area contributed by atoms with Gasteiger partial charge in [-0.3, -0.25) is 14.5 Å². The van der Waals surface area contributed by atoms with Crippen LogP contribution in [0, 0.1) is 5.82 Å².